The summed E-state index contributed by atoms with van der Waals surface area (Å²) in [7, 11) is 4.69. The zero-order valence-electron chi connectivity index (χ0n) is 15.0. The third kappa shape index (κ3) is 2.53. The SMILES string of the molecule is COc1cc(C2C(=O)CCc3cc4c(cc32)OCO4)cc(OC)c1OC. The number of carbonyl (C=O) groups is 1. The van der Waals surface area contributed by atoms with Gasteiger partial charge in [0, 0.05) is 6.42 Å². The molecule has 1 aliphatic carbocycles. The summed E-state index contributed by atoms with van der Waals surface area (Å²) in [4.78, 5) is 12.8. The van der Waals surface area contributed by atoms with E-state index in [0.717, 1.165) is 22.4 Å². The van der Waals surface area contributed by atoms with Gasteiger partial charge in [-0.1, -0.05) is 0 Å². The first-order valence-electron chi connectivity index (χ1n) is 8.41. The lowest BCUT2D eigenvalue weighted by Gasteiger charge is -2.26. The van der Waals surface area contributed by atoms with Crippen molar-refractivity contribution >= 4 is 5.78 Å². The smallest absolute Gasteiger partial charge is 0.231 e. The fraction of sp³-hybridized carbons (Fsp3) is 0.350. The molecule has 26 heavy (non-hydrogen) atoms. The average molecular weight is 356 g/mol. The van der Waals surface area contributed by atoms with Gasteiger partial charge in [0.1, 0.15) is 5.78 Å². The van der Waals surface area contributed by atoms with Gasteiger partial charge in [0.25, 0.3) is 0 Å². The van der Waals surface area contributed by atoms with E-state index in [1.807, 2.05) is 24.3 Å². The van der Waals surface area contributed by atoms with Crippen molar-refractivity contribution < 1.29 is 28.5 Å². The fourth-order valence-corrected chi connectivity index (χ4v) is 3.69. The Balaban J connectivity index is 1.87. The van der Waals surface area contributed by atoms with E-state index in [4.69, 9.17) is 23.7 Å². The maximum Gasteiger partial charge on any atom is 0.231 e. The van der Waals surface area contributed by atoms with E-state index in [1.54, 1.807) is 21.3 Å². The molecular formula is C20H20O6. The Morgan fingerprint density at radius 1 is 0.885 bits per heavy atom. The van der Waals surface area contributed by atoms with E-state index in [2.05, 4.69) is 0 Å². The molecule has 1 aliphatic heterocycles. The van der Waals surface area contributed by atoms with Crippen molar-refractivity contribution in [2.45, 2.75) is 18.8 Å². The van der Waals surface area contributed by atoms with Gasteiger partial charge in [-0.05, 0) is 47.4 Å². The lowest BCUT2D eigenvalue weighted by molar-refractivity contribution is -0.120. The second-order valence-corrected chi connectivity index (χ2v) is 6.26. The normalized spacial score (nSPS) is 17.7. The number of rotatable bonds is 4. The van der Waals surface area contributed by atoms with E-state index >= 15 is 0 Å². The summed E-state index contributed by atoms with van der Waals surface area (Å²) in [6.07, 6.45) is 1.18. The lowest BCUT2D eigenvalue weighted by atomic mass is 9.77. The molecule has 2 aromatic carbocycles. The van der Waals surface area contributed by atoms with Gasteiger partial charge in [0.05, 0.1) is 27.2 Å². The number of hydrogen-bond acceptors (Lipinski definition) is 6. The molecule has 0 radical (unpaired) electrons. The van der Waals surface area contributed by atoms with Crippen LogP contribution in [0, 0.1) is 0 Å². The number of ketones is 1. The molecule has 6 nitrogen and oxygen atoms in total. The number of benzene rings is 2. The quantitative estimate of drug-likeness (QED) is 0.839. The molecule has 0 N–H and O–H groups in total. The minimum atomic E-state index is -0.401. The standard InChI is InChI=1S/C20H20O6/c1-22-17-7-12(8-18(23-2)20(17)24-3)19-13-9-16-15(25-10-26-16)6-11(13)4-5-14(19)21/h6-9,19H,4-5,10H2,1-3H3. The summed E-state index contributed by atoms with van der Waals surface area (Å²) in [6, 6.07) is 7.57. The summed E-state index contributed by atoms with van der Waals surface area (Å²) >= 11 is 0. The summed E-state index contributed by atoms with van der Waals surface area (Å²) in [5, 5.41) is 0. The Morgan fingerprint density at radius 3 is 2.15 bits per heavy atom. The molecule has 0 saturated carbocycles. The van der Waals surface area contributed by atoms with Gasteiger partial charge in [-0.2, -0.15) is 0 Å². The molecule has 1 unspecified atom stereocenters. The van der Waals surface area contributed by atoms with Gasteiger partial charge >= 0.3 is 0 Å². The van der Waals surface area contributed by atoms with Crippen LogP contribution in [0.5, 0.6) is 28.7 Å². The van der Waals surface area contributed by atoms with Crippen LogP contribution in [0.3, 0.4) is 0 Å². The number of methoxy groups -OCH3 is 3. The van der Waals surface area contributed by atoms with Gasteiger partial charge in [-0.25, -0.2) is 0 Å². The van der Waals surface area contributed by atoms with Crippen LogP contribution in [-0.2, 0) is 11.2 Å². The number of aryl methyl sites for hydroxylation is 1. The Morgan fingerprint density at radius 2 is 1.54 bits per heavy atom. The van der Waals surface area contributed by atoms with Gasteiger partial charge in [-0.3, -0.25) is 4.79 Å². The summed E-state index contributed by atoms with van der Waals surface area (Å²) in [5.74, 6) is 2.74. The Bertz CT molecular complexity index is 848. The van der Waals surface area contributed by atoms with Crippen LogP contribution in [0.15, 0.2) is 24.3 Å². The van der Waals surface area contributed by atoms with E-state index in [1.165, 1.54) is 0 Å². The molecule has 0 amide bonds. The molecule has 136 valence electrons. The molecule has 6 heteroatoms. The van der Waals surface area contributed by atoms with Crippen LogP contribution in [0.1, 0.15) is 29.0 Å². The molecular weight excluding hydrogens is 336 g/mol. The van der Waals surface area contributed by atoms with Crippen LogP contribution in [0.4, 0.5) is 0 Å². The van der Waals surface area contributed by atoms with Crippen molar-refractivity contribution in [2.75, 3.05) is 28.1 Å². The van der Waals surface area contributed by atoms with E-state index in [0.29, 0.717) is 35.8 Å². The molecule has 0 spiro atoms. The Kier molecular flexibility index (Phi) is 4.11. The number of fused-ring (bicyclic) bond motifs is 2. The van der Waals surface area contributed by atoms with Gasteiger partial charge < -0.3 is 23.7 Å². The predicted octanol–water partition coefficient (Wildman–Crippen LogP) is 3.09. The van der Waals surface area contributed by atoms with Crippen molar-refractivity contribution in [2.24, 2.45) is 0 Å². The minimum Gasteiger partial charge on any atom is -0.493 e. The fourth-order valence-electron chi connectivity index (χ4n) is 3.69. The van der Waals surface area contributed by atoms with Crippen LogP contribution in [-0.4, -0.2) is 33.9 Å². The van der Waals surface area contributed by atoms with E-state index < -0.39 is 5.92 Å². The molecule has 0 aromatic heterocycles. The monoisotopic (exact) mass is 356 g/mol. The largest absolute Gasteiger partial charge is 0.493 e. The molecule has 2 aromatic rings. The average Bonchev–Trinajstić information content (AvgIpc) is 3.12. The first-order chi connectivity index (χ1) is 12.7. The summed E-state index contributed by atoms with van der Waals surface area (Å²) in [6.45, 7) is 0.209. The zero-order valence-corrected chi connectivity index (χ0v) is 15.0. The maximum atomic E-state index is 12.8. The number of hydrogen-bond donors (Lipinski definition) is 0. The Hall–Kier alpha value is -2.89. The molecule has 0 saturated heterocycles. The van der Waals surface area contributed by atoms with Gasteiger partial charge in [0.2, 0.25) is 12.5 Å². The second kappa shape index (κ2) is 6.44. The van der Waals surface area contributed by atoms with Gasteiger partial charge in [-0.15, -0.1) is 0 Å². The first-order valence-corrected chi connectivity index (χ1v) is 8.41. The third-order valence-electron chi connectivity index (χ3n) is 4.93. The predicted molar refractivity (Wildman–Crippen MR) is 93.8 cm³/mol. The van der Waals surface area contributed by atoms with Crippen molar-refractivity contribution in [1.29, 1.82) is 0 Å². The zero-order chi connectivity index (χ0) is 18.3. The van der Waals surface area contributed by atoms with Crippen molar-refractivity contribution in [3.63, 3.8) is 0 Å². The summed E-state index contributed by atoms with van der Waals surface area (Å²) in [5.41, 5.74) is 2.86. The van der Waals surface area contributed by atoms with E-state index in [-0.39, 0.29) is 12.6 Å². The summed E-state index contributed by atoms with van der Waals surface area (Å²) < 4.78 is 27.3. The van der Waals surface area contributed by atoms with E-state index in [9.17, 15) is 4.79 Å². The van der Waals surface area contributed by atoms with Gasteiger partial charge in [0.15, 0.2) is 23.0 Å². The van der Waals surface area contributed by atoms with Crippen LogP contribution in [0.25, 0.3) is 0 Å². The topological polar surface area (TPSA) is 63.2 Å². The van der Waals surface area contributed by atoms with Crippen LogP contribution >= 0.6 is 0 Å². The molecule has 2 aliphatic rings. The number of carbonyl (C=O) groups excluding carboxylic acids is 1. The second-order valence-electron chi connectivity index (χ2n) is 6.26. The van der Waals surface area contributed by atoms with Crippen molar-refractivity contribution in [3.8, 4) is 28.7 Å². The molecule has 4 rings (SSSR count). The van der Waals surface area contributed by atoms with Crippen LogP contribution in [0.2, 0.25) is 0 Å². The minimum absolute atomic E-state index is 0.158. The Labute approximate surface area is 151 Å². The highest BCUT2D eigenvalue weighted by Crippen LogP contribution is 2.46. The molecule has 0 bridgehead atoms. The molecule has 1 atom stereocenters. The van der Waals surface area contributed by atoms with Crippen LogP contribution < -0.4 is 23.7 Å². The highest BCUT2D eigenvalue weighted by atomic mass is 16.7. The van der Waals surface area contributed by atoms with Crippen molar-refractivity contribution in [1.82, 2.24) is 0 Å². The van der Waals surface area contributed by atoms with Crippen molar-refractivity contribution in [3.05, 3.63) is 41.0 Å². The third-order valence-corrected chi connectivity index (χ3v) is 4.93. The highest BCUT2D eigenvalue weighted by Gasteiger charge is 2.33. The molecule has 1 heterocycles. The number of ether oxygens (including phenoxy) is 5. The number of Topliss-reactive ketones (excluding diaryl/α,β-unsaturated/α-hetero) is 1. The maximum absolute atomic E-state index is 12.8. The first kappa shape index (κ1) is 16.6. The highest BCUT2D eigenvalue weighted by molar-refractivity contribution is 5.92. The lowest BCUT2D eigenvalue weighted by Crippen LogP contribution is -2.21. The molecule has 0 fully saturated rings.